The molecule has 147 valence electrons. The third-order valence-corrected chi connectivity index (χ3v) is 4.91. The molecule has 0 unspecified atom stereocenters. The monoisotopic (exact) mass is 448 g/mol. The van der Waals surface area contributed by atoms with Crippen LogP contribution in [0.3, 0.4) is 0 Å². The molecule has 10 nitrogen and oxygen atoms in total. The van der Waals surface area contributed by atoms with E-state index in [9.17, 15) is 28.8 Å². The molecule has 0 bridgehead atoms. The number of oxime groups is 1. The standard InChI is InChI=1S/C14H19NO9S2.K/c16-7-9-11(17)12(18)13(19)14(23-9)25-10(15-24-26(20,21)22)6-8-4-2-1-3-5-8;/h1-5,9,11-14,16-19H,6-7H2,(H,20,21,22);/t9-,11-,12+,13-,14+;/m1./s1. The van der Waals surface area contributed by atoms with Gasteiger partial charge < -0.3 is 25.2 Å². The van der Waals surface area contributed by atoms with E-state index in [-0.39, 0.29) is 62.8 Å². The molecule has 0 aromatic heterocycles. The van der Waals surface area contributed by atoms with E-state index in [0.29, 0.717) is 0 Å². The third kappa shape index (κ3) is 7.96. The number of benzene rings is 1. The molecule has 1 saturated heterocycles. The van der Waals surface area contributed by atoms with E-state index >= 15 is 0 Å². The van der Waals surface area contributed by atoms with Gasteiger partial charge in [-0.15, -0.1) is 0 Å². The molecule has 1 aliphatic heterocycles. The fourth-order valence-corrected chi connectivity index (χ4v) is 3.58. The van der Waals surface area contributed by atoms with E-state index in [1.165, 1.54) is 0 Å². The minimum absolute atomic E-state index is 0. The van der Waals surface area contributed by atoms with Crippen molar-refractivity contribution in [3.05, 3.63) is 35.9 Å². The van der Waals surface area contributed by atoms with Gasteiger partial charge in [-0.05, 0) is 5.56 Å². The summed E-state index contributed by atoms with van der Waals surface area (Å²) >= 11 is 0.729. The predicted molar refractivity (Wildman–Crippen MR) is 97.3 cm³/mol. The molecule has 1 aromatic rings. The molecule has 5 N–H and O–H groups in total. The van der Waals surface area contributed by atoms with E-state index in [0.717, 1.165) is 17.3 Å². The molecule has 0 saturated carbocycles. The van der Waals surface area contributed by atoms with Gasteiger partial charge in [-0.1, -0.05) is 47.2 Å². The van der Waals surface area contributed by atoms with Gasteiger partial charge in [0.1, 0.15) is 34.9 Å². The molecule has 13 heteroatoms. The Bertz CT molecular complexity index is 717. The van der Waals surface area contributed by atoms with Crippen molar-refractivity contribution in [1.82, 2.24) is 0 Å². The van der Waals surface area contributed by atoms with Crippen LogP contribution in [0.1, 0.15) is 5.56 Å². The van der Waals surface area contributed by atoms with Gasteiger partial charge in [-0.3, -0.25) is 4.55 Å². The zero-order chi connectivity index (χ0) is 19.3. The minimum Gasteiger partial charge on any atom is -0.394 e. The number of aliphatic hydroxyl groups excluding tert-OH is 4. The Morgan fingerprint density at radius 2 is 1.78 bits per heavy atom. The quantitative estimate of drug-likeness (QED) is 0.114. The molecule has 0 spiro atoms. The smallest absolute Gasteiger partial charge is 0.394 e. The van der Waals surface area contributed by atoms with Gasteiger partial charge >= 0.3 is 10.4 Å². The van der Waals surface area contributed by atoms with Crippen LogP contribution >= 0.6 is 11.8 Å². The Morgan fingerprint density at radius 1 is 1.15 bits per heavy atom. The van der Waals surface area contributed by atoms with Crippen LogP contribution in [0.25, 0.3) is 0 Å². The first kappa shape index (κ1) is 25.4. The van der Waals surface area contributed by atoms with Crippen molar-refractivity contribution in [1.29, 1.82) is 0 Å². The summed E-state index contributed by atoms with van der Waals surface area (Å²) < 4.78 is 39.6. The normalized spacial score (nSPS) is 29.1. The second-order valence-electron chi connectivity index (χ2n) is 5.46. The maximum atomic E-state index is 10.8. The summed E-state index contributed by atoms with van der Waals surface area (Å²) in [7, 11) is -4.83. The number of hydrogen-bond donors (Lipinski definition) is 5. The molecule has 0 amide bonds. The molecule has 5 atom stereocenters. The largest absolute Gasteiger partial charge is 0.466 e. The first-order chi connectivity index (χ1) is 12.2. The van der Waals surface area contributed by atoms with Gasteiger partial charge in [0, 0.05) is 57.8 Å². The van der Waals surface area contributed by atoms with Crippen molar-refractivity contribution in [3.63, 3.8) is 0 Å². The predicted octanol–water partition coefficient (Wildman–Crippen LogP) is -1.49. The Kier molecular flexibility index (Phi) is 10.9. The van der Waals surface area contributed by atoms with Crippen LogP contribution in [0.4, 0.5) is 0 Å². The number of aliphatic hydroxyl groups is 4. The topological polar surface area (TPSA) is 166 Å². The van der Waals surface area contributed by atoms with Crippen molar-refractivity contribution < 1.29 is 42.4 Å². The molecule has 1 heterocycles. The first-order valence-corrected chi connectivity index (χ1v) is 9.69. The molecular weight excluding hydrogens is 429 g/mol. The molecular formula is C14H19KNO9S2. The fraction of sp³-hybridized carbons (Fsp3) is 0.500. The zero-order valence-electron chi connectivity index (χ0n) is 14.3. The van der Waals surface area contributed by atoms with Gasteiger partial charge in [-0.2, -0.15) is 8.42 Å². The maximum absolute atomic E-state index is 10.8. The second kappa shape index (κ2) is 11.5. The van der Waals surface area contributed by atoms with Crippen LogP contribution in [-0.4, -0.2) is 126 Å². The van der Waals surface area contributed by atoms with Gasteiger partial charge in [0.2, 0.25) is 0 Å². The molecule has 1 aromatic carbocycles. The summed E-state index contributed by atoms with van der Waals surface area (Å²) in [6.07, 6.45) is -5.68. The number of nitrogens with zero attached hydrogens (tertiary/aromatic N) is 1. The number of thioether (sulfide) groups is 1. The minimum atomic E-state index is -4.83. The summed E-state index contributed by atoms with van der Waals surface area (Å²) in [5.74, 6) is 0. The Morgan fingerprint density at radius 3 is 2.33 bits per heavy atom. The van der Waals surface area contributed by atoms with Crippen molar-refractivity contribution in [2.75, 3.05) is 6.61 Å². The van der Waals surface area contributed by atoms with E-state index in [4.69, 9.17) is 9.29 Å². The average Bonchev–Trinajstić information content (AvgIpc) is 2.60. The van der Waals surface area contributed by atoms with Crippen LogP contribution in [0, 0.1) is 0 Å². The number of rotatable bonds is 6. The van der Waals surface area contributed by atoms with E-state index in [1.54, 1.807) is 30.3 Å². The van der Waals surface area contributed by atoms with Crippen molar-refractivity contribution in [2.24, 2.45) is 5.16 Å². The van der Waals surface area contributed by atoms with Gasteiger partial charge in [0.15, 0.2) is 0 Å². The summed E-state index contributed by atoms with van der Waals surface area (Å²) in [5.41, 5.74) is -0.444. The van der Waals surface area contributed by atoms with Crippen molar-refractivity contribution >= 4 is 78.6 Å². The summed E-state index contributed by atoms with van der Waals surface area (Å²) in [6, 6.07) is 8.73. The van der Waals surface area contributed by atoms with Crippen LogP contribution in [0.15, 0.2) is 35.5 Å². The third-order valence-electron chi connectivity index (χ3n) is 3.53. The van der Waals surface area contributed by atoms with Crippen molar-refractivity contribution in [3.8, 4) is 0 Å². The number of ether oxygens (including phenoxy) is 1. The Hall–Kier alpha value is 0.386. The molecule has 1 fully saturated rings. The van der Waals surface area contributed by atoms with E-state index in [2.05, 4.69) is 9.44 Å². The summed E-state index contributed by atoms with van der Waals surface area (Å²) in [6.45, 7) is -0.602. The van der Waals surface area contributed by atoms with Crippen LogP contribution in [0.5, 0.6) is 0 Å². The maximum Gasteiger partial charge on any atom is 0.466 e. The molecule has 0 aliphatic carbocycles. The van der Waals surface area contributed by atoms with Crippen LogP contribution in [0.2, 0.25) is 0 Å². The fourth-order valence-electron chi connectivity index (χ4n) is 2.25. The molecule has 2 rings (SSSR count). The van der Waals surface area contributed by atoms with Gasteiger partial charge in [-0.25, -0.2) is 4.28 Å². The zero-order valence-corrected chi connectivity index (χ0v) is 19.1. The summed E-state index contributed by atoms with van der Waals surface area (Å²) in [5, 5.41) is 42.2. The van der Waals surface area contributed by atoms with Gasteiger partial charge in [0.25, 0.3) is 0 Å². The van der Waals surface area contributed by atoms with Crippen LogP contribution < -0.4 is 0 Å². The number of hydrogen-bond acceptors (Lipinski definition) is 10. The summed E-state index contributed by atoms with van der Waals surface area (Å²) in [4.78, 5) is 0. The Balaban J connectivity index is 0.00000364. The second-order valence-corrected chi connectivity index (χ2v) is 7.64. The molecule has 1 aliphatic rings. The molecule has 27 heavy (non-hydrogen) atoms. The van der Waals surface area contributed by atoms with Crippen LogP contribution in [-0.2, 0) is 25.8 Å². The molecule has 1 radical (unpaired) electrons. The van der Waals surface area contributed by atoms with E-state index in [1.807, 2.05) is 0 Å². The Labute approximate surface area is 202 Å². The van der Waals surface area contributed by atoms with E-state index < -0.39 is 46.9 Å². The SMILES string of the molecule is O=S(=O)(O)ON=C(Cc1ccccc1)S[C@@H]1O[C@H](CO)[C@@H](O)[C@H](O)[C@H]1O.[K]. The van der Waals surface area contributed by atoms with Crippen molar-refractivity contribution in [2.45, 2.75) is 36.3 Å². The average molecular weight is 449 g/mol. The van der Waals surface area contributed by atoms with Gasteiger partial charge in [0.05, 0.1) is 6.61 Å². The first-order valence-electron chi connectivity index (χ1n) is 7.45.